The smallest absolute Gasteiger partial charge is 0.227 e. The third kappa shape index (κ3) is 4.10. The summed E-state index contributed by atoms with van der Waals surface area (Å²) in [6, 6.07) is 10.7. The monoisotopic (exact) mass is 339 g/mol. The molecule has 5 nitrogen and oxygen atoms in total. The third-order valence-corrected chi connectivity index (χ3v) is 4.84. The van der Waals surface area contributed by atoms with Crippen molar-refractivity contribution in [2.75, 3.05) is 49.1 Å². The van der Waals surface area contributed by atoms with Crippen molar-refractivity contribution in [1.29, 1.82) is 0 Å². The molecule has 1 saturated heterocycles. The van der Waals surface area contributed by atoms with E-state index in [1.165, 1.54) is 11.3 Å². The van der Waals surface area contributed by atoms with E-state index in [1.54, 1.807) is 0 Å². The number of rotatable bonds is 5. The van der Waals surface area contributed by atoms with Crippen LogP contribution in [-0.4, -0.2) is 54.1 Å². The fourth-order valence-corrected chi connectivity index (χ4v) is 3.35. The second kappa shape index (κ2) is 7.83. The summed E-state index contributed by atoms with van der Waals surface area (Å²) in [5.74, 6) is 1.84. The third-order valence-electron chi connectivity index (χ3n) is 4.84. The average molecular weight is 339 g/mol. The van der Waals surface area contributed by atoms with E-state index in [4.69, 9.17) is 9.97 Å². The van der Waals surface area contributed by atoms with Crippen molar-refractivity contribution in [3.8, 4) is 0 Å². The lowest BCUT2D eigenvalue weighted by molar-refractivity contribution is 0.270. The SMILES string of the molecule is CCN1CCN(c2nc(C)cc(N(CC)c3cccc(C)c3)n2)CC1. The zero-order valence-corrected chi connectivity index (χ0v) is 15.9. The molecule has 1 aliphatic heterocycles. The highest BCUT2D eigenvalue weighted by molar-refractivity contribution is 5.62. The number of likely N-dealkylation sites (N-methyl/N-ethyl adjacent to an activating group) is 1. The van der Waals surface area contributed by atoms with Crippen LogP contribution in [0.25, 0.3) is 0 Å². The fourth-order valence-electron chi connectivity index (χ4n) is 3.35. The summed E-state index contributed by atoms with van der Waals surface area (Å²) >= 11 is 0. The predicted molar refractivity (Wildman–Crippen MR) is 105 cm³/mol. The van der Waals surface area contributed by atoms with Crippen LogP contribution in [0.2, 0.25) is 0 Å². The molecule has 0 radical (unpaired) electrons. The molecule has 2 aromatic rings. The molecule has 25 heavy (non-hydrogen) atoms. The Morgan fingerprint density at radius 1 is 1.00 bits per heavy atom. The molecule has 2 heterocycles. The second-order valence-corrected chi connectivity index (χ2v) is 6.67. The normalized spacial score (nSPS) is 15.4. The van der Waals surface area contributed by atoms with E-state index in [0.717, 1.165) is 56.7 Å². The van der Waals surface area contributed by atoms with Gasteiger partial charge < -0.3 is 14.7 Å². The van der Waals surface area contributed by atoms with Gasteiger partial charge >= 0.3 is 0 Å². The molecule has 0 N–H and O–H groups in total. The van der Waals surface area contributed by atoms with Gasteiger partial charge in [0.1, 0.15) is 5.82 Å². The molecule has 134 valence electrons. The fraction of sp³-hybridized carbons (Fsp3) is 0.500. The minimum absolute atomic E-state index is 0.858. The van der Waals surface area contributed by atoms with Crippen molar-refractivity contribution in [2.24, 2.45) is 0 Å². The first-order valence-electron chi connectivity index (χ1n) is 9.28. The van der Waals surface area contributed by atoms with E-state index < -0.39 is 0 Å². The number of hydrogen-bond donors (Lipinski definition) is 0. The Bertz CT molecular complexity index is 707. The lowest BCUT2D eigenvalue weighted by Gasteiger charge is -2.34. The number of piperazine rings is 1. The maximum atomic E-state index is 4.91. The summed E-state index contributed by atoms with van der Waals surface area (Å²) in [6.07, 6.45) is 0. The Morgan fingerprint density at radius 2 is 1.76 bits per heavy atom. The Morgan fingerprint density at radius 3 is 2.40 bits per heavy atom. The number of benzene rings is 1. The van der Waals surface area contributed by atoms with E-state index in [0.29, 0.717) is 0 Å². The molecule has 0 atom stereocenters. The van der Waals surface area contributed by atoms with Gasteiger partial charge in [0.15, 0.2) is 0 Å². The van der Waals surface area contributed by atoms with Crippen LogP contribution in [-0.2, 0) is 0 Å². The minimum atomic E-state index is 0.858. The van der Waals surface area contributed by atoms with Gasteiger partial charge in [-0.1, -0.05) is 19.1 Å². The number of hydrogen-bond acceptors (Lipinski definition) is 5. The Balaban J connectivity index is 1.88. The van der Waals surface area contributed by atoms with Crippen LogP contribution in [0.4, 0.5) is 17.5 Å². The molecule has 0 saturated carbocycles. The first-order chi connectivity index (χ1) is 12.1. The summed E-state index contributed by atoms with van der Waals surface area (Å²) in [4.78, 5) is 16.7. The second-order valence-electron chi connectivity index (χ2n) is 6.67. The maximum Gasteiger partial charge on any atom is 0.227 e. The zero-order valence-electron chi connectivity index (χ0n) is 15.9. The van der Waals surface area contributed by atoms with Gasteiger partial charge in [-0.15, -0.1) is 0 Å². The molecule has 0 bridgehead atoms. The summed E-state index contributed by atoms with van der Waals surface area (Å²) < 4.78 is 0. The summed E-state index contributed by atoms with van der Waals surface area (Å²) in [7, 11) is 0. The highest BCUT2D eigenvalue weighted by atomic mass is 15.3. The molecule has 0 unspecified atom stereocenters. The van der Waals surface area contributed by atoms with Gasteiger partial charge in [-0.2, -0.15) is 4.98 Å². The molecule has 5 heteroatoms. The molecule has 1 fully saturated rings. The van der Waals surface area contributed by atoms with Gasteiger partial charge in [-0.05, 0) is 45.0 Å². The van der Waals surface area contributed by atoms with Gasteiger partial charge in [0, 0.05) is 50.2 Å². The Hall–Kier alpha value is -2.14. The van der Waals surface area contributed by atoms with E-state index >= 15 is 0 Å². The molecule has 1 aromatic carbocycles. The van der Waals surface area contributed by atoms with Gasteiger partial charge in [0.2, 0.25) is 5.95 Å². The van der Waals surface area contributed by atoms with Crippen LogP contribution in [0.15, 0.2) is 30.3 Å². The Kier molecular flexibility index (Phi) is 5.53. The van der Waals surface area contributed by atoms with Crippen LogP contribution in [0.5, 0.6) is 0 Å². The lowest BCUT2D eigenvalue weighted by atomic mass is 10.2. The standard InChI is InChI=1S/C20H29N5/c1-5-23-10-12-24(13-11-23)20-21-17(4)15-19(22-20)25(6-2)18-9-7-8-16(3)14-18/h7-9,14-15H,5-6,10-13H2,1-4H3. The van der Waals surface area contributed by atoms with Crippen LogP contribution in [0, 0.1) is 13.8 Å². The molecule has 3 rings (SSSR count). The van der Waals surface area contributed by atoms with Gasteiger partial charge in [0.05, 0.1) is 0 Å². The largest absolute Gasteiger partial charge is 0.338 e. The summed E-state index contributed by atoms with van der Waals surface area (Å²) in [5, 5.41) is 0. The molecular weight excluding hydrogens is 310 g/mol. The van der Waals surface area contributed by atoms with E-state index in [9.17, 15) is 0 Å². The van der Waals surface area contributed by atoms with Crippen molar-refractivity contribution in [2.45, 2.75) is 27.7 Å². The first-order valence-corrected chi connectivity index (χ1v) is 9.28. The molecule has 0 amide bonds. The number of aryl methyl sites for hydroxylation is 2. The molecule has 1 aliphatic rings. The highest BCUT2D eigenvalue weighted by Crippen LogP contribution is 2.26. The van der Waals surface area contributed by atoms with Crippen molar-refractivity contribution in [1.82, 2.24) is 14.9 Å². The highest BCUT2D eigenvalue weighted by Gasteiger charge is 2.20. The van der Waals surface area contributed by atoms with Gasteiger partial charge in [-0.25, -0.2) is 4.98 Å². The van der Waals surface area contributed by atoms with E-state index in [2.05, 4.69) is 72.7 Å². The van der Waals surface area contributed by atoms with Crippen LogP contribution in [0.3, 0.4) is 0 Å². The predicted octanol–water partition coefficient (Wildman–Crippen LogP) is 3.39. The van der Waals surface area contributed by atoms with E-state index in [1.807, 2.05) is 0 Å². The lowest BCUT2D eigenvalue weighted by Crippen LogP contribution is -2.46. The first kappa shape index (κ1) is 17.7. The number of aromatic nitrogens is 2. The van der Waals surface area contributed by atoms with Crippen molar-refractivity contribution < 1.29 is 0 Å². The Labute approximate surface area is 151 Å². The summed E-state index contributed by atoms with van der Waals surface area (Å²) in [6.45, 7) is 14.7. The van der Waals surface area contributed by atoms with Gasteiger partial charge in [-0.3, -0.25) is 0 Å². The van der Waals surface area contributed by atoms with Crippen molar-refractivity contribution in [3.05, 3.63) is 41.6 Å². The summed E-state index contributed by atoms with van der Waals surface area (Å²) in [5.41, 5.74) is 3.46. The quantitative estimate of drug-likeness (QED) is 0.834. The van der Waals surface area contributed by atoms with Crippen molar-refractivity contribution in [3.63, 3.8) is 0 Å². The van der Waals surface area contributed by atoms with Crippen LogP contribution >= 0.6 is 0 Å². The van der Waals surface area contributed by atoms with Crippen LogP contribution in [0.1, 0.15) is 25.1 Å². The van der Waals surface area contributed by atoms with Crippen molar-refractivity contribution >= 4 is 17.5 Å². The van der Waals surface area contributed by atoms with Gasteiger partial charge in [0.25, 0.3) is 0 Å². The number of nitrogens with zero attached hydrogens (tertiary/aromatic N) is 5. The van der Waals surface area contributed by atoms with E-state index in [-0.39, 0.29) is 0 Å². The molecule has 0 spiro atoms. The zero-order chi connectivity index (χ0) is 17.8. The average Bonchev–Trinajstić information content (AvgIpc) is 2.62. The minimum Gasteiger partial charge on any atom is -0.338 e. The maximum absolute atomic E-state index is 4.91. The topological polar surface area (TPSA) is 35.5 Å². The molecular formula is C20H29N5. The number of anilines is 3. The van der Waals surface area contributed by atoms with Crippen LogP contribution < -0.4 is 9.80 Å². The molecule has 1 aromatic heterocycles. The molecule has 0 aliphatic carbocycles.